The molecule has 2 nitrogen and oxygen atoms in total. The van der Waals surface area contributed by atoms with Crippen molar-refractivity contribution in [3.63, 3.8) is 0 Å². The molecule has 0 bridgehead atoms. The Hall–Kier alpha value is -1.02. The second-order valence-electron chi connectivity index (χ2n) is 5.30. The van der Waals surface area contributed by atoms with Gasteiger partial charge in [0.15, 0.2) is 0 Å². The van der Waals surface area contributed by atoms with Crippen LogP contribution in [-0.2, 0) is 0 Å². The van der Waals surface area contributed by atoms with Crippen LogP contribution >= 0.6 is 0 Å². The molecule has 2 N–H and O–H groups in total. The lowest BCUT2D eigenvalue weighted by Gasteiger charge is -2.27. The third kappa shape index (κ3) is 4.04. The van der Waals surface area contributed by atoms with Gasteiger partial charge in [-0.2, -0.15) is 0 Å². The summed E-state index contributed by atoms with van der Waals surface area (Å²) < 4.78 is 0. The number of benzene rings is 1. The highest BCUT2D eigenvalue weighted by Crippen LogP contribution is 2.16. The molecule has 1 aliphatic heterocycles. The molecule has 1 aliphatic rings. The topological polar surface area (TPSA) is 24.1 Å². The maximum absolute atomic E-state index is 3.61. The van der Waals surface area contributed by atoms with Crippen LogP contribution in [0.5, 0.6) is 0 Å². The molecule has 2 unspecified atom stereocenters. The fraction of sp³-hybridized carbons (Fsp3) is 0.600. The molecule has 94 valence electrons. The molecule has 0 saturated carbocycles. The van der Waals surface area contributed by atoms with E-state index in [1.807, 2.05) is 0 Å². The van der Waals surface area contributed by atoms with Gasteiger partial charge in [-0.05, 0) is 57.4 Å². The number of hydrogen-bond donors (Lipinski definition) is 2. The van der Waals surface area contributed by atoms with Gasteiger partial charge in [-0.1, -0.05) is 18.6 Å². The van der Waals surface area contributed by atoms with E-state index >= 15 is 0 Å². The van der Waals surface area contributed by atoms with Crippen molar-refractivity contribution in [3.05, 3.63) is 29.8 Å². The molecular formula is C15H24N2. The lowest BCUT2D eigenvalue weighted by atomic mass is 9.98. The molecule has 0 aromatic heterocycles. The van der Waals surface area contributed by atoms with Crippen LogP contribution in [0.2, 0.25) is 0 Å². The zero-order valence-electron chi connectivity index (χ0n) is 11.0. The van der Waals surface area contributed by atoms with Gasteiger partial charge in [-0.15, -0.1) is 0 Å². The highest BCUT2D eigenvalue weighted by atomic mass is 15.0. The van der Waals surface area contributed by atoms with E-state index in [1.165, 1.54) is 43.5 Å². The lowest BCUT2D eigenvalue weighted by Crippen LogP contribution is -2.37. The van der Waals surface area contributed by atoms with Gasteiger partial charge in [0.05, 0.1) is 0 Å². The van der Waals surface area contributed by atoms with Crippen molar-refractivity contribution in [2.24, 2.45) is 0 Å². The van der Waals surface area contributed by atoms with Crippen LogP contribution in [0.25, 0.3) is 0 Å². The Kier molecular flexibility index (Phi) is 4.43. The molecule has 2 heteroatoms. The number of anilines is 1. The first kappa shape index (κ1) is 12.4. The number of hydrogen-bond acceptors (Lipinski definition) is 2. The van der Waals surface area contributed by atoms with Crippen LogP contribution in [0.4, 0.5) is 5.69 Å². The van der Waals surface area contributed by atoms with E-state index in [1.54, 1.807) is 0 Å². The minimum absolute atomic E-state index is 0.535. The van der Waals surface area contributed by atoms with Gasteiger partial charge in [0.1, 0.15) is 0 Å². The summed E-state index contributed by atoms with van der Waals surface area (Å²) >= 11 is 0. The number of nitrogens with one attached hydrogen (secondary N) is 2. The van der Waals surface area contributed by atoms with Crippen molar-refractivity contribution in [2.45, 2.75) is 51.6 Å². The fourth-order valence-electron chi connectivity index (χ4n) is 2.63. The highest BCUT2D eigenvalue weighted by molar-refractivity contribution is 5.46. The molecule has 0 radical (unpaired) electrons. The molecule has 1 fully saturated rings. The van der Waals surface area contributed by atoms with Crippen molar-refractivity contribution < 1.29 is 0 Å². The molecule has 0 amide bonds. The van der Waals surface area contributed by atoms with Crippen molar-refractivity contribution in [1.82, 2.24) is 5.32 Å². The van der Waals surface area contributed by atoms with Gasteiger partial charge < -0.3 is 10.6 Å². The Labute approximate surface area is 105 Å². The van der Waals surface area contributed by atoms with E-state index in [9.17, 15) is 0 Å². The van der Waals surface area contributed by atoms with Crippen LogP contribution in [0.15, 0.2) is 24.3 Å². The van der Waals surface area contributed by atoms with Crippen molar-refractivity contribution in [2.75, 3.05) is 11.9 Å². The van der Waals surface area contributed by atoms with Gasteiger partial charge in [0, 0.05) is 17.8 Å². The Balaban J connectivity index is 1.82. The van der Waals surface area contributed by atoms with Crippen molar-refractivity contribution in [3.8, 4) is 0 Å². The van der Waals surface area contributed by atoms with Gasteiger partial charge in [0.25, 0.3) is 0 Å². The smallest absolute Gasteiger partial charge is 0.0344 e. The second-order valence-corrected chi connectivity index (χ2v) is 5.30. The summed E-state index contributed by atoms with van der Waals surface area (Å²) in [6, 6.07) is 9.85. The molecule has 2 rings (SSSR count). The van der Waals surface area contributed by atoms with Gasteiger partial charge in [0.2, 0.25) is 0 Å². The van der Waals surface area contributed by atoms with Gasteiger partial charge in [-0.25, -0.2) is 0 Å². The summed E-state index contributed by atoms with van der Waals surface area (Å²) in [6.45, 7) is 5.61. The quantitative estimate of drug-likeness (QED) is 0.832. The average molecular weight is 232 g/mol. The molecule has 1 aromatic carbocycles. The minimum Gasteiger partial charge on any atom is -0.383 e. The largest absolute Gasteiger partial charge is 0.383 e. The summed E-state index contributed by atoms with van der Waals surface area (Å²) in [6.07, 6.45) is 5.28. The molecular weight excluding hydrogens is 208 g/mol. The van der Waals surface area contributed by atoms with E-state index in [0.717, 1.165) is 0 Å². The molecule has 17 heavy (non-hydrogen) atoms. The molecule has 0 spiro atoms. The number of piperidine rings is 1. The number of rotatable bonds is 4. The first-order valence-electron chi connectivity index (χ1n) is 6.80. The predicted octanol–water partition coefficient (Wildman–Crippen LogP) is 3.33. The standard InChI is InChI=1S/C15H24N2/c1-12-6-5-8-15(10-12)17-13(2)11-14-7-3-4-9-16-14/h5-6,8,10,13-14,16-17H,3-4,7,9,11H2,1-2H3. The molecule has 1 saturated heterocycles. The fourth-order valence-corrected chi connectivity index (χ4v) is 2.63. The number of aryl methyl sites for hydroxylation is 1. The molecule has 2 atom stereocenters. The Morgan fingerprint density at radius 3 is 3.00 bits per heavy atom. The monoisotopic (exact) mass is 232 g/mol. The molecule has 1 aromatic rings. The van der Waals surface area contributed by atoms with Crippen LogP contribution in [0.3, 0.4) is 0 Å². The molecule has 1 heterocycles. The third-order valence-corrected chi connectivity index (χ3v) is 3.48. The van der Waals surface area contributed by atoms with Gasteiger partial charge >= 0.3 is 0 Å². The molecule has 0 aliphatic carbocycles. The second kappa shape index (κ2) is 6.06. The normalized spacial score (nSPS) is 22.1. The summed E-state index contributed by atoms with van der Waals surface area (Å²) in [5, 5.41) is 7.20. The maximum atomic E-state index is 3.61. The van der Waals surface area contributed by atoms with Crippen molar-refractivity contribution >= 4 is 5.69 Å². The van der Waals surface area contributed by atoms with E-state index in [0.29, 0.717) is 12.1 Å². The van der Waals surface area contributed by atoms with Crippen LogP contribution in [0.1, 0.15) is 38.2 Å². The summed E-state index contributed by atoms with van der Waals surface area (Å²) in [4.78, 5) is 0. The van der Waals surface area contributed by atoms with Crippen molar-refractivity contribution in [1.29, 1.82) is 0 Å². The Bertz CT molecular complexity index is 343. The van der Waals surface area contributed by atoms with E-state index in [-0.39, 0.29) is 0 Å². The average Bonchev–Trinajstić information content (AvgIpc) is 2.30. The van der Waals surface area contributed by atoms with Crippen LogP contribution in [0, 0.1) is 6.92 Å². The zero-order valence-corrected chi connectivity index (χ0v) is 11.0. The van der Waals surface area contributed by atoms with Crippen LogP contribution in [-0.4, -0.2) is 18.6 Å². The van der Waals surface area contributed by atoms with E-state index in [2.05, 4.69) is 48.7 Å². The van der Waals surface area contributed by atoms with E-state index in [4.69, 9.17) is 0 Å². The maximum Gasteiger partial charge on any atom is 0.0344 e. The lowest BCUT2D eigenvalue weighted by molar-refractivity contribution is 0.371. The van der Waals surface area contributed by atoms with E-state index < -0.39 is 0 Å². The zero-order chi connectivity index (χ0) is 12.1. The summed E-state index contributed by atoms with van der Waals surface area (Å²) in [5.41, 5.74) is 2.56. The third-order valence-electron chi connectivity index (χ3n) is 3.48. The Morgan fingerprint density at radius 2 is 2.29 bits per heavy atom. The predicted molar refractivity (Wildman–Crippen MR) is 74.5 cm³/mol. The summed E-state index contributed by atoms with van der Waals surface area (Å²) in [7, 11) is 0. The minimum atomic E-state index is 0.535. The first-order chi connectivity index (χ1) is 8.24. The SMILES string of the molecule is Cc1cccc(NC(C)CC2CCCCN2)c1. The first-order valence-corrected chi connectivity index (χ1v) is 6.80. The summed E-state index contributed by atoms with van der Waals surface area (Å²) in [5.74, 6) is 0. The Morgan fingerprint density at radius 1 is 1.41 bits per heavy atom. The highest BCUT2D eigenvalue weighted by Gasteiger charge is 2.15. The van der Waals surface area contributed by atoms with Gasteiger partial charge in [-0.3, -0.25) is 0 Å². The van der Waals surface area contributed by atoms with Crippen LogP contribution < -0.4 is 10.6 Å².